The minimum absolute atomic E-state index is 0.301. The van der Waals surface area contributed by atoms with Crippen LogP contribution >= 0.6 is 0 Å². The van der Waals surface area contributed by atoms with Crippen molar-refractivity contribution in [3.8, 4) is 23.0 Å². The molecule has 0 heterocycles. The fourth-order valence-corrected chi connectivity index (χ4v) is 6.70. The molecule has 0 spiro atoms. The summed E-state index contributed by atoms with van der Waals surface area (Å²) in [5.41, 5.74) is 6.73. The Bertz CT molecular complexity index is 2050. The number of esters is 2. The topological polar surface area (TPSA) is 95.8 Å². The fourth-order valence-electron chi connectivity index (χ4n) is 6.70. The number of ether oxygens (including phenoxy) is 4. The van der Waals surface area contributed by atoms with E-state index in [4.69, 9.17) is 18.9 Å². The van der Waals surface area contributed by atoms with Crippen molar-refractivity contribution in [2.75, 3.05) is 13.2 Å². The van der Waals surface area contributed by atoms with Gasteiger partial charge in [-0.3, -0.25) is 9.98 Å². The van der Waals surface area contributed by atoms with Gasteiger partial charge in [0, 0.05) is 18.0 Å². The lowest BCUT2D eigenvalue weighted by molar-refractivity contribution is 0.0730. The van der Waals surface area contributed by atoms with Gasteiger partial charge in [0.25, 0.3) is 0 Å². The molecule has 0 saturated heterocycles. The first-order valence-electron chi connectivity index (χ1n) is 22.0. The van der Waals surface area contributed by atoms with Crippen LogP contribution < -0.4 is 18.9 Å². The summed E-state index contributed by atoms with van der Waals surface area (Å²) in [5.74, 6) is 1.27. The van der Waals surface area contributed by atoms with Crippen molar-refractivity contribution in [3.05, 3.63) is 142 Å². The Morgan fingerprint density at radius 2 is 0.885 bits per heavy atom. The van der Waals surface area contributed by atoms with Crippen LogP contribution in [0.15, 0.2) is 113 Å². The third-order valence-corrected chi connectivity index (χ3v) is 10.5. The molecule has 0 bridgehead atoms. The average molecular weight is 823 g/mol. The van der Waals surface area contributed by atoms with Gasteiger partial charge in [0.05, 0.1) is 35.7 Å². The summed E-state index contributed by atoms with van der Waals surface area (Å²) < 4.78 is 23.4. The van der Waals surface area contributed by atoms with Crippen LogP contribution in [0.25, 0.3) is 0 Å². The molecule has 0 amide bonds. The molecule has 0 fully saturated rings. The summed E-state index contributed by atoms with van der Waals surface area (Å²) in [6.07, 6.45) is 18.3. The Labute approximate surface area is 363 Å². The fraction of sp³-hybridized carbons (Fsp3) is 0.358. The molecule has 0 N–H and O–H groups in total. The Hall–Kier alpha value is -6.02. The molecular weight excluding hydrogens is 761 g/mol. The van der Waals surface area contributed by atoms with Crippen LogP contribution in [0.1, 0.15) is 139 Å². The maximum Gasteiger partial charge on any atom is 0.343 e. The third-order valence-electron chi connectivity index (χ3n) is 10.5. The Balaban J connectivity index is 1.08. The second kappa shape index (κ2) is 24.9. The Morgan fingerprint density at radius 1 is 0.492 bits per heavy atom. The molecule has 5 rings (SSSR count). The maximum atomic E-state index is 13.1. The van der Waals surface area contributed by atoms with E-state index < -0.39 is 11.9 Å². The molecule has 0 unspecified atom stereocenters. The van der Waals surface area contributed by atoms with Gasteiger partial charge >= 0.3 is 11.9 Å². The Kier molecular flexibility index (Phi) is 18.8. The predicted molar refractivity (Wildman–Crippen MR) is 249 cm³/mol. The Morgan fingerprint density at radius 3 is 1.28 bits per heavy atom. The lowest BCUT2D eigenvalue weighted by atomic mass is 10.1. The first-order valence-corrected chi connectivity index (χ1v) is 22.0. The van der Waals surface area contributed by atoms with Crippen LogP contribution in [0.4, 0.5) is 11.4 Å². The molecule has 5 aromatic carbocycles. The molecule has 0 aromatic heterocycles. The number of aryl methyl sites for hydroxylation is 2. The molecule has 8 heteroatoms. The van der Waals surface area contributed by atoms with Gasteiger partial charge in [0.2, 0.25) is 0 Å². The standard InChI is InChI=1S/C53H62N2O6/c1-6-8-10-12-14-16-33-58-46-29-31-48(39(3)35-46)54-37-42-21-25-44(26-22-42)52(56)60-50-19-18-20-51(41(50)5)61-53(57)45-27-23-43(24-28-45)38-55-49-32-30-47(36-40(49)4)59-34-17-15-13-11-9-7-2/h18-32,35-38H,6-17,33-34H2,1-5H3. The highest BCUT2D eigenvalue weighted by atomic mass is 16.5. The number of hydrogen-bond acceptors (Lipinski definition) is 8. The molecule has 0 atom stereocenters. The van der Waals surface area contributed by atoms with Crippen LogP contribution in [-0.2, 0) is 0 Å². The molecule has 0 aliphatic carbocycles. The largest absolute Gasteiger partial charge is 0.494 e. The molecule has 320 valence electrons. The van der Waals surface area contributed by atoms with Crippen LogP contribution in [-0.4, -0.2) is 37.6 Å². The van der Waals surface area contributed by atoms with Crippen molar-refractivity contribution in [3.63, 3.8) is 0 Å². The first kappa shape index (κ1) is 46.1. The highest BCUT2D eigenvalue weighted by Gasteiger charge is 2.16. The van der Waals surface area contributed by atoms with Gasteiger partial charge in [-0.15, -0.1) is 0 Å². The second-order valence-electron chi connectivity index (χ2n) is 15.5. The van der Waals surface area contributed by atoms with E-state index in [0.717, 1.165) is 71.2 Å². The van der Waals surface area contributed by atoms with Crippen molar-refractivity contribution in [1.82, 2.24) is 0 Å². The summed E-state index contributed by atoms with van der Waals surface area (Å²) in [4.78, 5) is 35.6. The highest BCUT2D eigenvalue weighted by molar-refractivity contribution is 5.94. The predicted octanol–water partition coefficient (Wildman–Crippen LogP) is 14.0. The summed E-state index contributed by atoms with van der Waals surface area (Å²) in [5, 5.41) is 0. The molecule has 0 aliphatic heterocycles. The SMILES string of the molecule is CCCCCCCCOc1ccc(N=Cc2ccc(C(=O)Oc3cccc(OC(=O)c4ccc(C=Nc5ccc(OCCCCCCCC)cc5C)cc4)c3C)cc2)c(C)c1. The number of hydrogen-bond donors (Lipinski definition) is 0. The zero-order valence-electron chi connectivity index (χ0n) is 36.7. The number of benzene rings is 5. The van der Waals surface area contributed by atoms with Crippen LogP contribution in [0.3, 0.4) is 0 Å². The van der Waals surface area contributed by atoms with Crippen molar-refractivity contribution in [2.24, 2.45) is 9.98 Å². The van der Waals surface area contributed by atoms with Gasteiger partial charge in [-0.25, -0.2) is 9.59 Å². The molecule has 0 radical (unpaired) electrons. The van der Waals surface area contributed by atoms with E-state index in [9.17, 15) is 9.59 Å². The molecule has 5 aromatic rings. The number of aliphatic imine (C=N–C) groups is 2. The first-order chi connectivity index (χ1) is 29.7. The summed E-state index contributed by atoms with van der Waals surface area (Å²) in [7, 11) is 0. The van der Waals surface area contributed by atoms with E-state index in [1.54, 1.807) is 61.8 Å². The number of unbranched alkanes of at least 4 members (excludes halogenated alkanes) is 10. The second-order valence-corrected chi connectivity index (χ2v) is 15.5. The van der Waals surface area contributed by atoms with Crippen molar-refractivity contribution < 1.29 is 28.5 Å². The van der Waals surface area contributed by atoms with Crippen LogP contribution in [0, 0.1) is 20.8 Å². The molecule has 0 saturated carbocycles. The van der Waals surface area contributed by atoms with Crippen molar-refractivity contribution in [1.29, 1.82) is 0 Å². The zero-order valence-corrected chi connectivity index (χ0v) is 36.7. The summed E-state index contributed by atoms with van der Waals surface area (Å²) >= 11 is 0. The van der Waals surface area contributed by atoms with Crippen molar-refractivity contribution in [2.45, 2.75) is 112 Å². The summed E-state index contributed by atoms with van der Waals surface area (Å²) in [6, 6.07) is 31.0. The molecular formula is C53H62N2O6. The molecule has 61 heavy (non-hydrogen) atoms. The zero-order chi connectivity index (χ0) is 43.2. The summed E-state index contributed by atoms with van der Waals surface area (Å²) in [6.45, 7) is 11.7. The van der Waals surface area contributed by atoms with E-state index in [-0.39, 0.29) is 0 Å². The number of carbonyl (C=O) groups is 2. The van der Waals surface area contributed by atoms with Crippen LogP contribution in [0.2, 0.25) is 0 Å². The lowest BCUT2D eigenvalue weighted by Crippen LogP contribution is -2.12. The van der Waals surface area contributed by atoms with E-state index in [0.29, 0.717) is 28.2 Å². The van der Waals surface area contributed by atoms with E-state index >= 15 is 0 Å². The van der Waals surface area contributed by atoms with Gasteiger partial charge in [0.15, 0.2) is 0 Å². The van der Waals surface area contributed by atoms with Crippen LogP contribution in [0.5, 0.6) is 23.0 Å². The minimum Gasteiger partial charge on any atom is -0.494 e. The lowest BCUT2D eigenvalue weighted by Gasteiger charge is -2.12. The molecule has 0 aliphatic rings. The number of rotatable bonds is 24. The van der Waals surface area contributed by atoms with Gasteiger partial charge in [-0.1, -0.05) is 108 Å². The molecule has 8 nitrogen and oxygen atoms in total. The average Bonchev–Trinajstić information content (AvgIpc) is 3.27. The van der Waals surface area contributed by atoms with Gasteiger partial charge < -0.3 is 18.9 Å². The number of carbonyl (C=O) groups excluding carboxylic acids is 2. The van der Waals surface area contributed by atoms with Gasteiger partial charge in [-0.2, -0.15) is 0 Å². The van der Waals surface area contributed by atoms with Gasteiger partial charge in [-0.05, 0) is 129 Å². The van der Waals surface area contributed by atoms with E-state index in [1.165, 1.54) is 64.2 Å². The maximum absolute atomic E-state index is 13.1. The van der Waals surface area contributed by atoms with E-state index in [1.807, 2.05) is 74.5 Å². The number of nitrogens with zero attached hydrogens (tertiary/aromatic N) is 2. The monoisotopic (exact) mass is 822 g/mol. The normalized spacial score (nSPS) is 11.3. The van der Waals surface area contributed by atoms with E-state index in [2.05, 4.69) is 23.8 Å². The van der Waals surface area contributed by atoms with Crippen molar-refractivity contribution >= 4 is 35.7 Å². The van der Waals surface area contributed by atoms with Gasteiger partial charge in [0.1, 0.15) is 23.0 Å². The quantitative estimate of drug-likeness (QED) is 0.0266. The minimum atomic E-state index is -0.525. The third kappa shape index (κ3) is 15.2. The highest BCUT2D eigenvalue weighted by Crippen LogP contribution is 2.30. The smallest absolute Gasteiger partial charge is 0.343 e.